The molecule has 0 aliphatic rings. The zero-order valence-electron chi connectivity index (χ0n) is 11.1. The van der Waals surface area contributed by atoms with Crippen molar-refractivity contribution in [2.75, 3.05) is 19.1 Å². The molecule has 0 amide bonds. The fraction of sp³-hybridized carbons (Fsp3) is 0.154. The summed E-state index contributed by atoms with van der Waals surface area (Å²) in [6.07, 6.45) is 3.48. The summed E-state index contributed by atoms with van der Waals surface area (Å²) in [4.78, 5) is 13.8. The van der Waals surface area contributed by atoms with E-state index in [4.69, 9.17) is 10.5 Å². The lowest BCUT2D eigenvalue weighted by molar-refractivity contribution is 0.401. The summed E-state index contributed by atoms with van der Waals surface area (Å²) in [5.74, 6) is 0.775. The number of rotatable bonds is 3. The van der Waals surface area contributed by atoms with Crippen LogP contribution in [-0.2, 0) is 0 Å². The Morgan fingerprint density at radius 1 is 1.20 bits per heavy atom. The van der Waals surface area contributed by atoms with Crippen LogP contribution >= 0.6 is 11.8 Å². The van der Waals surface area contributed by atoms with Gasteiger partial charge in [0.15, 0.2) is 11.2 Å². The predicted molar refractivity (Wildman–Crippen MR) is 79.4 cm³/mol. The van der Waals surface area contributed by atoms with Crippen LogP contribution in [0.3, 0.4) is 0 Å². The summed E-state index contributed by atoms with van der Waals surface area (Å²) in [5.41, 5.74) is 8.10. The van der Waals surface area contributed by atoms with E-state index in [-0.39, 0.29) is 0 Å². The second-order valence-electron chi connectivity index (χ2n) is 4.06. The number of hydrogen-bond donors (Lipinski definition) is 1. The van der Waals surface area contributed by atoms with E-state index in [9.17, 15) is 0 Å². The molecule has 0 aliphatic heterocycles. The molecule has 6 nitrogen and oxygen atoms in total. The Hall–Kier alpha value is -2.28. The number of imidazole rings is 1. The van der Waals surface area contributed by atoms with E-state index in [1.807, 2.05) is 30.5 Å². The predicted octanol–water partition coefficient (Wildman–Crippen LogP) is 2.13. The standard InChI is InChI=1S/C13H13N5OS/c1-19-12-10-11(15-7-16-12)18(13(14)17-10)8-3-5-9(20-2)6-4-8/h3-7H,1-2H3,(H2,14,17). The zero-order valence-corrected chi connectivity index (χ0v) is 11.9. The largest absolute Gasteiger partial charge is 0.479 e. The molecule has 2 N–H and O–H groups in total. The van der Waals surface area contributed by atoms with E-state index in [0.29, 0.717) is 23.0 Å². The Balaban J connectivity index is 2.22. The minimum absolute atomic E-state index is 0.357. The number of benzene rings is 1. The molecule has 0 fully saturated rings. The van der Waals surface area contributed by atoms with Gasteiger partial charge in [-0.25, -0.2) is 9.97 Å². The number of aromatic nitrogens is 4. The molecule has 3 rings (SSSR count). The van der Waals surface area contributed by atoms with E-state index >= 15 is 0 Å². The normalized spacial score (nSPS) is 10.9. The Morgan fingerprint density at radius 2 is 1.95 bits per heavy atom. The molecular weight excluding hydrogens is 274 g/mol. The highest BCUT2D eigenvalue weighted by atomic mass is 32.2. The molecule has 0 aliphatic carbocycles. The van der Waals surface area contributed by atoms with Crippen molar-refractivity contribution in [1.29, 1.82) is 0 Å². The number of anilines is 1. The number of ether oxygens (including phenoxy) is 1. The van der Waals surface area contributed by atoms with Crippen LogP contribution < -0.4 is 10.5 Å². The first-order valence-corrected chi connectivity index (χ1v) is 7.14. The number of methoxy groups -OCH3 is 1. The van der Waals surface area contributed by atoms with Crippen molar-refractivity contribution < 1.29 is 4.74 Å². The van der Waals surface area contributed by atoms with Crippen LogP contribution in [0.2, 0.25) is 0 Å². The van der Waals surface area contributed by atoms with Crippen molar-refractivity contribution in [2.24, 2.45) is 0 Å². The monoisotopic (exact) mass is 287 g/mol. The molecule has 7 heteroatoms. The van der Waals surface area contributed by atoms with Gasteiger partial charge in [0.05, 0.1) is 12.8 Å². The number of nitrogen functional groups attached to an aromatic ring is 1. The summed E-state index contributed by atoms with van der Waals surface area (Å²) in [6, 6.07) is 8.03. The first-order chi connectivity index (χ1) is 9.74. The SMILES string of the molecule is COc1ncnc2c1nc(N)n2-c1ccc(SC)cc1. The van der Waals surface area contributed by atoms with Crippen molar-refractivity contribution in [3.05, 3.63) is 30.6 Å². The third-order valence-electron chi connectivity index (χ3n) is 2.96. The van der Waals surface area contributed by atoms with Crippen LogP contribution in [0.15, 0.2) is 35.5 Å². The molecule has 2 aromatic heterocycles. The second-order valence-corrected chi connectivity index (χ2v) is 4.94. The van der Waals surface area contributed by atoms with Gasteiger partial charge in [0.25, 0.3) is 0 Å². The third kappa shape index (κ3) is 1.96. The fourth-order valence-electron chi connectivity index (χ4n) is 2.02. The van der Waals surface area contributed by atoms with Gasteiger partial charge in [-0.15, -0.1) is 11.8 Å². The van der Waals surface area contributed by atoms with E-state index in [1.54, 1.807) is 23.4 Å². The minimum Gasteiger partial charge on any atom is -0.479 e. The van der Waals surface area contributed by atoms with Crippen LogP contribution in [-0.4, -0.2) is 32.9 Å². The van der Waals surface area contributed by atoms with Gasteiger partial charge in [-0.2, -0.15) is 4.98 Å². The van der Waals surface area contributed by atoms with Gasteiger partial charge in [-0.05, 0) is 30.5 Å². The topological polar surface area (TPSA) is 78.8 Å². The molecule has 2 heterocycles. The molecular formula is C13H13N5OS. The molecule has 20 heavy (non-hydrogen) atoms. The lowest BCUT2D eigenvalue weighted by atomic mass is 10.3. The maximum atomic E-state index is 6.00. The first kappa shape index (κ1) is 12.7. The summed E-state index contributed by atoms with van der Waals surface area (Å²) >= 11 is 1.69. The third-order valence-corrected chi connectivity index (χ3v) is 3.70. The van der Waals surface area contributed by atoms with Crippen LogP contribution in [0.4, 0.5) is 5.95 Å². The molecule has 3 aromatic rings. The van der Waals surface area contributed by atoms with E-state index in [0.717, 1.165) is 5.69 Å². The van der Waals surface area contributed by atoms with Gasteiger partial charge < -0.3 is 10.5 Å². The van der Waals surface area contributed by atoms with Crippen LogP contribution in [0.1, 0.15) is 0 Å². The van der Waals surface area contributed by atoms with Crippen molar-refractivity contribution in [3.63, 3.8) is 0 Å². The van der Waals surface area contributed by atoms with Crippen molar-refractivity contribution in [3.8, 4) is 11.6 Å². The molecule has 0 bridgehead atoms. The molecule has 0 saturated carbocycles. The van der Waals surface area contributed by atoms with Gasteiger partial charge in [0, 0.05) is 4.90 Å². The van der Waals surface area contributed by atoms with Gasteiger partial charge in [0.2, 0.25) is 11.8 Å². The molecule has 102 valence electrons. The van der Waals surface area contributed by atoms with Crippen LogP contribution in [0.5, 0.6) is 5.88 Å². The lowest BCUT2D eigenvalue weighted by Crippen LogP contribution is -2.01. The second kappa shape index (κ2) is 5.01. The number of nitrogens with two attached hydrogens (primary N) is 1. The van der Waals surface area contributed by atoms with Crippen molar-refractivity contribution >= 4 is 28.9 Å². The highest BCUT2D eigenvalue weighted by molar-refractivity contribution is 7.98. The molecule has 0 unspecified atom stereocenters. The van der Waals surface area contributed by atoms with E-state index < -0.39 is 0 Å². The van der Waals surface area contributed by atoms with Crippen molar-refractivity contribution in [2.45, 2.75) is 4.90 Å². The quantitative estimate of drug-likeness (QED) is 0.743. The Morgan fingerprint density at radius 3 is 2.60 bits per heavy atom. The molecule has 0 radical (unpaired) electrons. The maximum Gasteiger partial charge on any atom is 0.245 e. The number of thioether (sulfide) groups is 1. The smallest absolute Gasteiger partial charge is 0.245 e. The Bertz CT molecular complexity index is 753. The summed E-state index contributed by atoms with van der Waals surface area (Å²) in [5, 5.41) is 0. The Kier molecular flexibility index (Phi) is 3.19. The van der Waals surface area contributed by atoms with Crippen molar-refractivity contribution in [1.82, 2.24) is 19.5 Å². The van der Waals surface area contributed by atoms with Gasteiger partial charge >= 0.3 is 0 Å². The van der Waals surface area contributed by atoms with Gasteiger partial charge in [-0.3, -0.25) is 4.57 Å². The fourth-order valence-corrected chi connectivity index (χ4v) is 2.43. The molecule has 0 saturated heterocycles. The van der Waals surface area contributed by atoms with Crippen LogP contribution in [0, 0.1) is 0 Å². The summed E-state index contributed by atoms with van der Waals surface area (Å²) in [6.45, 7) is 0. The highest BCUT2D eigenvalue weighted by Gasteiger charge is 2.15. The maximum absolute atomic E-state index is 6.00. The molecule has 0 atom stereocenters. The van der Waals surface area contributed by atoms with E-state index in [1.165, 1.54) is 11.2 Å². The van der Waals surface area contributed by atoms with Gasteiger partial charge in [-0.1, -0.05) is 0 Å². The average molecular weight is 287 g/mol. The number of hydrogen-bond acceptors (Lipinski definition) is 6. The minimum atomic E-state index is 0.357. The number of fused-ring (bicyclic) bond motifs is 1. The number of nitrogens with zero attached hydrogens (tertiary/aromatic N) is 4. The molecule has 0 spiro atoms. The zero-order chi connectivity index (χ0) is 14.1. The Labute approximate surface area is 120 Å². The average Bonchev–Trinajstić information content (AvgIpc) is 2.83. The summed E-state index contributed by atoms with van der Waals surface area (Å²) < 4.78 is 6.96. The van der Waals surface area contributed by atoms with Crippen LogP contribution in [0.25, 0.3) is 16.9 Å². The lowest BCUT2D eigenvalue weighted by Gasteiger charge is -2.06. The highest BCUT2D eigenvalue weighted by Crippen LogP contribution is 2.27. The summed E-state index contributed by atoms with van der Waals surface area (Å²) in [7, 11) is 1.55. The van der Waals surface area contributed by atoms with E-state index in [2.05, 4.69) is 15.0 Å². The van der Waals surface area contributed by atoms with Gasteiger partial charge in [0.1, 0.15) is 6.33 Å². The first-order valence-electron chi connectivity index (χ1n) is 5.92. The molecule has 1 aromatic carbocycles.